The number of amides is 4. The molecule has 140 valence electrons. The zero-order chi connectivity index (χ0) is 18.1. The molecule has 4 amide bonds. The minimum Gasteiger partial charge on any atom is -0.337 e. The molecule has 26 heavy (non-hydrogen) atoms. The third-order valence-electron chi connectivity index (χ3n) is 5.87. The molecule has 0 bridgehead atoms. The largest absolute Gasteiger partial charge is 0.337 e. The number of carbonyl (C=O) groups is 3. The Bertz CT molecular complexity index is 695. The number of hydrogen-bond donors (Lipinski definition) is 1. The van der Waals surface area contributed by atoms with E-state index in [-0.39, 0.29) is 23.8 Å². The molecule has 1 aromatic rings. The van der Waals surface area contributed by atoms with Crippen LogP contribution in [-0.2, 0) is 16.1 Å². The molecule has 0 radical (unpaired) electrons. The zero-order valence-corrected chi connectivity index (χ0v) is 15.7. The van der Waals surface area contributed by atoms with Gasteiger partial charge in [-0.1, -0.05) is 31.7 Å². The van der Waals surface area contributed by atoms with Crippen molar-refractivity contribution in [3.8, 4) is 0 Å². The van der Waals surface area contributed by atoms with Crippen molar-refractivity contribution in [2.45, 2.75) is 57.0 Å². The van der Waals surface area contributed by atoms with Crippen molar-refractivity contribution in [1.29, 1.82) is 0 Å². The molecule has 1 atom stereocenters. The fraction of sp³-hybridized carbons (Fsp3) is 0.632. The van der Waals surface area contributed by atoms with Crippen molar-refractivity contribution in [2.24, 2.45) is 5.92 Å². The first kappa shape index (κ1) is 17.5. The first-order chi connectivity index (χ1) is 12.6. The summed E-state index contributed by atoms with van der Waals surface area (Å²) in [7, 11) is 0. The smallest absolute Gasteiger partial charge is 0.325 e. The van der Waals surface area contributed by atoms with E-state index in [1.54, 1.807) is 11.3 Å². The molecule has 3 fully saturated rings. The quantitative estimate of drug-likeness (QED) is 0.823. The lowest BCUT2D eigenvalue weighted by atomic mass is 9.90. The van der Waals surface area contributed by atoms with E-state index in [1.165, 1.54) is 4.90 Å². The molecule has 3 heterocycles. The highest BCUT2D eigenvalue weighted by molar-refractivity contribution is 7.09. The van der Waals surface area contributed by atoms with Crippen molar-refractivity contribution in [2.75, 3.05) is 13.1 Å². The van der Waals surface area contributed by atoms with Crippen LogP contribution in [0.15, 0.2) is 17.5 Å². The summed E-state index contributed by atoms with van der Waals surface area (Å²) in [5, 5.41) is 4.99. The minimum atomic E-state index is -0.688. The summed E-state index contributed by atoms with van der Waals surface area (Å²) in [5.74, 6) is 0.0614. The van der Waals surface area contributed by atoms with Gasteiger partial charge >= 0.3 is 6.03 Å². The van der Waals surface area contributed by atoms with Crippen LogP contribution in [0, 0.1) is 5.92 Å². The highest BCUT2D eigenvalue weighted by atomic mass is 32.1. The van der Waals surface area contributed by atoms with Gasteiger partial charge in [0.05, 0.1) is 6.54 Å². The number of urea groups is 1. The van der Waals surface area contributed by atoms with E-state index in [2.05, 4.69) is 5.32 Å². The Kier molecular flexibility index (Phi) is 4.73. The van der Waals surface area contributed by atoms with Gasteiger partial charge in [0.1, 0.15) is 5.54 Å². The fourth-order valence-electron chi connectivity index (χ4n) is 4.49. The summed E-state index contributed by atoms with van der Waals surface area (Å²) in [4.78, 5) is 42.2. The van der Waals surface area contributed by atoms with E-state index in [4.69, 9.17) is 0 Å². The Labute approximate surface area is 157 Å². The van der Waals surface area contributed by atoms with Crippen molar-refractivity contribution in [3.63, 3.8) is 0 Å². The van der Waals surface area contributed by atoms with Crippen LogP contribution in [-0.4, -0.2) is 46.3 Å². The van der Waals surface area contributed by atoms with Crippen LogP contribution in [0.4, 0.5) is 4.79 Å². The van der Waals surface area contributed by atoms with Crippen molar-refractivity contribution >= 4 is 29.2 Å². The molecule has 1 aromatic heterocycles. The van der Waals surface area contributed by atoms with E-state index in [1.807, 2.05) is 22.4 Å². The normalized spacial score (nSPS) is 25.8. The molecule has 1 N–H and O–H groups in total. The zero-order valence-electron chi connectivity index (χ0n) is 14.9. The first-order valence-corrected chi connectivity index (χ1v) is 10.4. The van der Waals surface area contributed by atoms with Crippen LogP contribution in [0.25, 0.3) is 0 Å². The van der Waals surface area contributed by atoms with Crippen LogP contribution < -0.4 is 5.32 Å². The van der Waals surface area contributed by atoms with E-state index in [9.17, 15) is 14.4 Å². The Morgan fingerprint density at radius 3 is 2.62 bits per heavy atom. The molecule has 3 aliphatic rings. The van der Waals surface area contributed by atoms with Gasteiger partial charge in [0.2, 0.25) is 5.91 Å². The number of rotatable bonds is 4. The lowest BCUT2D eigenvalue weighted by Crippen LogP contribution is -2.46. The average Bonchev–Trinajstić information content (AvgIpc) is 3.23. The Morgan fingerprint density at radius 2 is 1.92 bits per heavy atom. The monoisotopic (exact) mass is 375 g/mol. The molecule has 1 unspecified atom stereocenters. The standard InChI is InChI=1S/C19H25N3O3S/c23-16-10-14(11-21(16)13-15-6-5-9-26-15)12-22-17(24)19(20-18(22)25)7-3-1-2-4-8-19/h5-6,9,14H,1-4,7-8,10-13H2,(H,20,25). The lowest BCUT2D eigenvalue weighted by molar-refractivity contribution is -0.132. The summed E-state index contributed by atoms with van der Waals surface area (Å²) in [5.41, 5.74) is -0.688. The van der Waals surface area contributed by atoms with E-state index in [0.29, 0.717) is 26.1 Å². The molecule has 1 spiro atoms. The predicted molar refractivity (Wildman–Crippen MR) is 98.5 cm³/mol. The summed E-state index contributed by atoms with van der Waals surface area (Å²) < 4.78 is 0. The highest BCUT2D eigenvalue weighted by Gasteiger charge is 2.51. The van der Waals surface area contributed by atoms with E-state index in [0.717, 1.165) is 43.4 Å². The maximum atomic E-state index is 13.0. The maximum Gasteiger partial charge on any atom is 0.325 e. The Morgan fingerprint density at radius 1 is 1.15 bits per heavy atom. The van der Waals surface area contributed by atoms with Gasteiger partial charge in [0.15, 0.2) is 0 Å². The average molecular weight is 375 g/mol. The molecule has 1 aliphatic carbocycles. The van der Waals surface area contributed by atoms with Gasteiger partial charge in [-0.2, -0.15) is 0 Å². The number of nitrogens with zero attached hydrogens (tertiary/aromatic N) is 2. The van der Waals surface area contributed by atoms with Gasteiger partial charge in [0, 0.05) is 30.3 Å². The number of nitrogens with one attached hydrogen (secondary N) is 1. The molecule has 2 saturated heterocycles. The van der Waals surface area contributed by atoms with E-state index < -0.39 is 5.54 Å². The first-order valence-electron chi connectivity index (χ1n) is 9.52. The van der Waals surface area contributed by atoms with Crippen LogP contribution in [0.5, 0.6) is 0 Å². The molecular weight excluding hydrogens is 350 g/mol. The molecule has 1 saturated carbocycles. The van der Waals surface area contributed by atoms with Crippen LogP contribution in [0.2, 0.25) is 0 Å². The molecule has 0 aromatic carbocycles. The number of imide groups is 1. The molecule has 7 heteroatoms. The van der Waals surface area contributed by atoms with Crippen LogP contribution >= 0.6 is 11.3 Å². The lowest BCUT2D eigenvalue weighted by Gasteiger charge is -2.25. The van der Waals surface area contributed by atoms with Crippen LogP contribution in [0.1, 0.15) is 49.8 Å². The van der Waals surface area contributed by atoms with Crippen molar-refractivity contribution in [3.05, 3.63) is 22.4 Å². The SMILES string of the molecule is O=C1CC(CN2C(=O)NC3(CCCCCC3)C2=O)CN1Cc1cccs1. The molecule has 4 rings (SSSR count). The number of hydrogen-bond acceptors (Lipinski definition) is 4. The predicted octanol–water partition coefficient (Wildman–Crippen LogP) is 2.74. The second-order valence-corrected chi connectivity index (χ2v) is 8.80. The van der Waals surface area contributed by atoms with Gasteiger partial charge in [-0.05, 0) is 24.3 Å². The van der Waals surface area contributed by atoms with Gasteiger partial charge in [-0.15, -0.1) is 11.3 Å². The minimum absolute atomic E-state index is 0.0260. The van der Waals surface area contributed by atoms with Gasteiger partial charge < -0.3 is 10.2 Å². The summed E-state index contributed by atoms with van der Waals surface area (Å²) in [6, 6.07) is 3.73. The summed E-state index contributed by atoms with van der Waals surface area (Å²) in [6.07, 6.45) is 6.10. The molecular formula is C19H25N3O3S. The van der Waals surface area contributed by atoms with Crippen molar-refractivity contribution < 1.29 is 14.4 Å². The van der Waals surface area contributed by atoms with Gasteiger partial charge in [-0.25, -0.2) is 4.79 Å². The number of thiophene rings is 1. The maximum absolute atomic E-state index is 13.0. The topological polar surface area (TPSA) is 69.7 Å². The summed E-state index contributed by atoms with van der Waals surface area (Å²) in [6.45, 7) is 1.58. The Balaban J connectivity index is 1.40. The third-order valence-corrected chi connectivity index (χ3v) is 6.73. The van der Waals surface area contributed by atoms with Crippen molar-refractivity contribution in [1.82, 2.24) is 15.1 Å². The van der Waals surface area contributed by atoms with E-state index >= 15 is 0 Å². The molecule has 2 aliphatic heterocycles. The highest BCUT2D eigenvalue weighted by Crippen LogP contribution is 2.34. The molecule has 6 nitrogen and oxygen atoms in total. The second kappa shape index (κ2) is 7.02. The van der Waals surface area contributed by atoms with Gasteiger partial charge in [0.25, 0.3) is 5.91 Å². The number of likely N-dealkylation sites (tertiary alicyclic amines) is 1. The van der Waals surface area contributed by atoms with Crippen LogP contribution in [0.3, 0.4) is 0 Å². The Hall–Kier alpha value is -1.89. The fourth-order valence-corrected chi connectivity index (χ4v) is 5.21. The number of carbonyl (C=O) groups excluding carboxylic acids is 3. The third kappa shape index (κ3) is 3.24. The van der Waals surface area contributed by atoms with Gasteiger partial charge in [-0.3, -0.25) is 14.5 Å². The summed E-state index contributed by atoms with van der Waals surface area (Å²) >= 11 is 1.64. The second-order valence-electron chi connectivity index (χ2n) is 7.77.